The molecule has 0 aliphatic heterocycles. The van der Waals surface area contributed by atoms with Crippen LogP contribution in [0, 0.1) is 6.92 Å². The van der Waals surface area contributed by atoms with Crippen LogP contribution in [0.5, 0.6) is 0 Å². The third-order valence-electron chi connectivity index (χ3n) is 2.44. The predicted molar refractivity (Wildman–Crippen MR) is 76.8 cm³/mol. The Morgan fingerprint density at radius 3 is 2.71 bits per heavy atom. The first kappa shape index (κ1) is 12.7. The molecule has 1 N–H and O–H groups in total. The average Bonchev–Trinajstić information content (AvgIpc) is 2.82. The molecule has 0 bridgehead atoms. The smallest absolute Gasteiger partial charge is 0.124 e. The molecule has 0 saturated carbocycles. The first-order chi connectivity index (χ1) is 7.96. The Morgan fingerprint density at radius 2 is 2.12 bits per heavy atom. The standard InChI is InChI=1S/C13H18N2S2/c1-9-11(7-14-13(2,3)4)17-12(15-9)10-5-6-16-8-10/h5-6,8,14H,7H2,1-4H3. The van der Waals surface area contributed by atoms with E-state index in [1.54, 1.807) is 22.7 Å². The van der Waals surface area contributed by atoms with Gasteiger partial charge >= 0.3 is 0 Å². The van der Waals surface area contributed by atoms with E-state index in [0.29, 0.717) is 0 Å². The van der Waals surface area contributed by atoms with E-state index in [9.17, 15) is 0 Å². The molecule has 0 fully saturated rings. The Hall–Kier alpha value is -0.710. The number of hydrogen-bond donors (Lipinski definition) is 1. The van der Waals surface area contributed by atoms with E-state index in [2.05, 4.69) is 54.8 Å². The van der Waals surface area contributed by atoms with Gasteiger partial charge in [-0.25, -0.2) is 4.98 Å². The van der Waals surface area contributed by atoms with Crippen molar-refractivity contribution in [3.8, 4) is 10.6 Å². The maximum absolute atomic E-state index is 4.64. The highest BCUT2D eigenvalue weighted by Gasteiger charge is 2.13. The van der Waals surface area contributed by atoms with E-state index in [1.807, 2.05) is 0 Å². The fraction of sp³-hybridized carbons (Fsp3) is 0.462. The molecule has 4 heteroatoms. The summed E-state index contributed by atoms with van der Waals surface area (Å²) in [4.78, 5) is 5.97. The molecule has 17 heavy (non-hydrogen) atoms. The summed E-state index contributed by atoms with van der Waals surface area (Å²) >= 11 is 3.51. The molecule has 0 amide bonds. The van der Waals surface area contributed by atoms with E-state index in [4.69, 9.17) is 0 Å². The van der Waals surface area contributed by atoms with Crippen molar-refractivity contribution in [3.63, 3.8) is 0 Å². The summed E-state index contributed by atoms with van der Waals surface area (Å²) in [6.45, 7) is 9.54. The number of hydrogen-bond acceptors (Lipinski definition) is 4. The average molecular weight is 266 g/mol. The second-order valence-electron chi connectivity index (χ2n) is 5.14. The Balaban J connectivity index is 2.14. The van der Waals surface area contributed by atoms with Gasteiger partial charge in [0.15, 0.2) is 0 Å². The van der Waals surface area contributed by atoms with Crippen molar-refractivity contribution in [2.45, 2.75) is 39.8 Å². The second kappa shape index (κ2) is 4.88. The largest absolute Gasteiger partial charge is 0.307 e. The number of thiophene rings is 1. The molecule has 2 heterocycles. The fourth-order valence-corrected chi connectivity index (χ4v) is 3.16. The molecule has 2 nitrogen and oxygen atoms in total. The van der Waals surface area contributed by atoms with Crippen LogP contribution in [0.25, 0.3) is 10.6 Å². The highest BCUT2D eigenvalue weighted by atomic mass is 32.1. The van der Waals surface area contributed by atoms with Gasteiger partial charge in [-0.05, 0) is 39.1 Å². The number of rotatable bonds is 3. The lowest BCUT2D eigenvalue weighted by molar-refractivity contribution is 0.425. The Labute approximate surface area is 111 Å². The lowest BCUT2D eigenvalue weighted by Gasteiger charge is -2.19. The lowest BCUT2D eigenvalue weighted by Crippen LogP contribution is -2.34. The predicted octanol–water partition coefficient (Wildman–Crippen LogP) is 4.07. The molecule has 2 rings (SSSR count). The minimum Gasteiger partial charge on any atom is -0.307 e. The van der Waals surface area contributed by atoms with Crippen molar-refractivity contribution in [2.24, 2.45) is 0 Å². The molecule has 0 aliphatic rings. The zero-order valence-corrected chi connectivity index (χ0v) is 12.3. The van der Waals surface area contributed by atoms with Gasteiger partial charge in [0.25, 0.3) is 0 Å². The molecule has 0 atom stereocenters. The monoisotopic (exact) mass is 266 g/mol. The van der Waals surface area contributed by atoms with Crippen molar-refractivity contribution in [1.82, 2.24) is 10.3 Å². The summed E-state index contributed by atoms with van der Waals surface area (Å²) in [5.41, 5.74) is 2.54. The summed E-state index contributed by atoms with van der Waals surface area (Å²) < 4.78 is 0. The maximum Gasteiger partial charge on any atom is 0.124 e. The molecule has 2 aromatic heterocycles. The number of aryl methyl sites for hydroxylation is 1. The van der Waals surface area contributed by atoms with Crippen LogP contribution in [-0.4, -0.2) is 10.5 Å². The van der Waals surface area contributed by atoms with Crippen LogP contribution in [0.2, 0.25) is 0 Å². The molecule has 0 spiro atoms. The third kappa shape index (κ3) is 3.37. The maximum atomic E-state index is 4.64. The van der Waals surface area contributed by atoms with Gasteiger partial charge < -0.3 is 5.32 Å². The van der Waals surface area contributed by atoms with Crippen LogP contribution >= 0.6 is 22.7 Å². The normalized spacial score (nSPS) is 12.0. The second-order valence-corrected chi connectivity index (χ2v) is 7.01. The third-order valence-corrected chi connectivity index (χ3v) is 4.33. The van der Waals surface area contributed by atoms with Gasteiger partial charge in [0.05, 0.1) is 5.69 Å². The summed E-state index contributed by atoms with van der Waals surface area (Å²) in [5.74, 6) is 0. The van der Waals surface area contributed by atoms with Gasteiger partial charge in [-0.1, -0.05) is 0 Å². The summed E-state index contributed by atoms with van der Waals surface area (Å²) in [5, 5.41) is 8.89. The number of aromatic nitrogens is 1. The van der Waals surface area contributed by atoms with E-state index in [-0.39, 0.29) is 5.54 Å². The quantitative estimate of drug-likeness (QED) is 0.906. The highest BCUT2D eigenvalue weighted by molar-refractivity contribution is 7.15. The summed E-state index contributed by atoms with van der Waals surface area (Å²) in [7, 11) is 0. The first-order valence-corrected chi connectivity index (χ1v) is 7.45. The molecule has 0 unspecified atom stereocenters. The van der Waals surface area contributed by atoms with Crippen molar-refractivity contribution in [1.29, 1.82) is 0 Å². The number of thiazole rings is 1. The van der Waals surface area contributed by atoms with Gasteiger partial charge in [-0.3, -0.25) is 0 Å². The van der Waals surface area contributed by atoms with Crippen molar-refractivity contribution < 1.29 is 0 Å². The Bertz CT molecular complexity index is 478. The van der Waals surface area contributed by atoms with Crippen LogP contribution in [0.4, 0.5) is 0 Å². The van der Waals surface area contributed by atoms with Crippen molar-refractivity contribution in [3.05, 3.63) is 27.4 Å². The van der Waals surface area contributed by atoms with Crippen LogP contribution in [0.3, 0.4) is 0 Å². The zero-order chi connectivity index (χ0) is 12.5. The Kier molecular flexibility index (Phi) is 3.66. The van der Waals surface area contributed by atoms with Gasteiger partial charge in [-0.15, -0.1) is 11.3 Å². The number of nitrogens with zero attached hydrogens (tertiary/aromatic N) is 1. The SMILES string of the molecule is Cc1nc(-c2ccsc2)sc1CNC(C)(C)C. The summed E-state index contributed by atoms with van der Waals surface area (Å²) in [6.07, 6.45) is 0. The molecular formula is C13H18N2S2. The van der Waals surface area contributed by atoms with Crippen molar-refractivity contribution >= 4 is 22.7 Å². The lowest BCUT2D eigenvalue weighted by atomic mass is 10.1. The van der Waals surface area contributed by atoms with E-state index < -0.39 is 0 Å². The van der Waals surface area contributed by atoms with Gasteiger partial charge in [0.2, 0.25) is 0 Å². The van der Waals surface area contributed by atoms with Crippen LogP contribution in [0.1, 0.15) is 31.3 Å². The van der Waals surface area contributed by atoms with E-state index in [1.165, 1.54) is 10.4 Å². The van der Waals surface area contributed by atoms with Gasteiger partial charge in [0, 0.05) is 27.9 Å². The topological polar surface area (TPSA) is 24.9 Å². The van der Waals surface area contributed by atoms with Crippen LogP contribution < -0.4 is 5.32 Å². The fourth-order valence-electron chi connectivity index (χ4n) is 1.45. The molecule has 0 aliphatic carbocycles. The first-order valence-electron chi connectivity index (χ1n) is 5.69. The van der Waals surface area contributed by atoms with Gasteiger partial charge in [0.1, 0.15) is 5.01 Å². The molecule has 0 aromatic carbocycles. The van der Waals surface area contributed by atoms with E-state index in [0.717, 1.165) is 17.2 Å². The van der Waals surface area contributed by atoms with Crippen molar-refractivity contribution in [2.75, 3.05) is 0 Å². The molecule has 2 aromatic rings. The van der Waals surface area contributed by atoms with Crippen LogP contribution in [0.15, 0.2) is 16.8 Å². The van der Waals surface area contributed by atoms with Crippen LogP contribution in [-0.2, 0) is 6.54 Å². The molecular weight excluding hydrogens is 248 g/mol. The minimum atomic E-state index is 0.152. The molecule has 0 radical (unpaired) electrons. The highest BCUT2D eigenvalue weighted by Crippen LogP contribution is 2.29. The molecule has 92 valence electrons. The minimum absolute atomic E-state index is 0.152. The zero-order valence-electron chi connectivity index (χ0n) is 10.7. The summed E-state index contributed by atoms with van der Waals surface area (Å²) in [6, 6.07) is 2.13. The van der Waals surface area contributed by atoms with Gasteiger partial charge in [-0.2, -0.15) is 11.3 Å². The molecule has 0 saturated heterocycles. The number of nitrogens with one attached hydrogen (secondary N) is 1. The van der Waals surface area contributed by atoms with E-state index >= 15 is 0 Å². The Morgan fingerprint density at radius 1 is 1.35 bits per heavy atom.